The highest BCUT2D eigenvalue weighted by atomic mass is 35.5. The summed E-state index contributed by atoms with van der Waals surface area (Å²) in [6.07, 6.45) is 0.800. The Morgan fingerprint density at radius 3 is 2.33 bits per heavy atom. The van der Waals surface area contributed by atoms with E-state index in [0.717, 1.165) is 22.2 Å². The number of thioether (sulfide) groups is 1. The van der Waals surface area contributed by atoms with Crippen molar-refractivity contribution in [3.8, 4) is 0 Å². The van der Waals surface area contributed by atoms with Crippen LogP contribution in [-0.4, -0.2) is 33.2 Å². The molecule has 5 nitrogen and oxygen atoms in total. The van der Waals surface area contributed by atoms with Gasteiger partial charge in [-0.3, -0.25) is 9.10 Å². The molecule has 0 unspecified atom stereocenters. The summed E-state index contributed by atoms with van der Waals surface area (Å²) in [5.74, 6) is 1.47. The van der Waals surface area contributed by atoms with E-state index in [-0.39, 0.29) is 17.3 Å². The first-order valence-electron chi connectivity index (χ1n) is 10.6. The SMILES string of the molecule is Cc1cc(Cl)ccc1N(CC(=O)NCCCSCc1ccccc1)S(=O)(=O)c1ccccc1. The van der Waals surface area contributed by atoms with Crippen LogP contribution in [0.4, 0.5) is 5.69 Å². The molecule has 8 heteroatoms. The Labute approximate surface area is 205 Å². The topological polar surface area (TPSA) is 66.5 Å². The summed E-state index contributed by atoms with van der Waals surface area (Å²) in [5, 5.41) is 3.36. The molecule has 0 saturated heterocycles. The van der Waals surface area contributed by atoms with Crippen LogP contribution in [0, 0.1) is 6.92 Å². The lowest BCUT2D eigenvalue weighted by Gasteiger charge is -2.25. The van der Waals surface area contributed by atoms with Gasteiger partial charge in [-0.15, -0.1) is 0 Å². The molecule has 0 fully saturated rings. The minimum absolute atomic E-state index is 0.129. The minimum Gasteiger partial charge on any atom is -0.354 e. The average Bonchev–Trinajstić information content (AvgIpc) is 2.81. The Kier molecular flexibility index (Phi) is 9.23. The summed E-state index contributed by atoms with van der Waals surface area (Å²) in [6, 6.07) is 23.3. The van der Waals surface area contributed by atoms with Crippen LogP contribution in [0.2, 0.25) is 5.02 Å². The van der Waals surface area contributed by atoms with E-state index < -0.39 is 10.0 Å². The number of rotatable bonds is 11. The smallest absolute Gasteiger partial charge is 0.264 e. The number of aryl methyl sites for hydroxylation is 1. The fourth-order valence-electron chi connectivity index (χ4n) is 3.27. The van der Waals surface area contributed by atoms with E-state index in [1.807, 2.05) is 18.2 Å². The summed E-state index contributed by atoms with van der Waals surface area (Å²) in [6.45, 7) is 1.95. The number of carbonyl (C=O) groups excluding carboxylic acids is 1. The molecule has 0 aromatic heterocycles. The van der Waals surface area contributed by atoms with Gasteiger partial charge in [0.2, 0.25) is 5.91 Å². The van der Waals surface area contributed by atoms with E-state index in [0.29, 0.717) is 22.8 Å². The van der Waals surface area contributed by atoms with Crippen molar-refractivity contribution >= 4 is 45.0 Å². The molecule has 33 heavy (non-hydrogen) atoms. The molecule has 0 aliphatic carbocycles. The van der Waals surface area contributed by atoms with Crippen molar-refractivity contribution in [2.45, 2.75) is 24.0 Å². The number of hydrogen-bond donors (Lipinski definition) is 1. The van der Waals surface area contributed by atoms with E-state index in [1.54, 1.807) is 55.1 Å². The molecule has 0 saturated carbocycles. The van der Waals surface area contributed by atoms with Crippen LogP contribution in [0.5, 0.6) is 0 Å². The highest BCUT2D eigenvalue weighted by Crippen LogP contribution is 2.28. The molecule has 0 radical (unpaired) electrons. The van der Waals surface area contributed by atoms with Crippen molar-refractivity contribution in [1.29, 1.82) is 0 Å². The molecule has 3 rings (SSSR count). The second-order valence-electron chi connectivity index (χ2n) is 7.50. The number of amides is 1. The van der Waals surface area contributed by atoms with Crippen molar-refractivity contribution in [1.82, 2.24) is 5.32 Å². The lowest BCUT2D eigenvalue weighted by Crippen LogP contribution is -2.41. The van der Waals surface area contributed by atoms with Gasteiger partial charge >= 0.3 is 0 Å². The summed E-state index contributed by atoms with van der Waals surface area (Å²) in [5.41, 5.74) is 2.37. The quantitative estimate of drug-likeness (QED) is 0.362. The van der Waals surface area contributed by atoms with Crippen LogP contribution in [0.1, 0.15) is 17.5 Å². The van der Waals surface area contributed by atoms with E-state index in [4.69, 9.17) is 11.6 Å². The maximum absolute atomic E-state index is 13.4. The Morgan fingerprint density at radius 1 is 1.00 bits per heavy atom. The highest BCUT2D eigenvalue weighted by molar-refractivity contribution is 7.98. The Bertz CT molecular complexity index is 1160. The van der Waals surface area contributed by atoms with Crippen molar-refractivity contribution in [2.75, 3.05) is 23.1 Å². The lowest BCUT2D eigenvalue weighted by molar-refractivity contribution is -0.119. The number of hydrogen-bond acceptors (Lipinski definition) is 4. The number of nitrogens with zero attached hydrogens (tertiary/aromatic N) is 1. The summed E-state index contributed by atoms with van der Waals surface area (Å²) in [7, 11) is -3.93. The zero-order valence-electron chi connectivity index (χ0n) is 18.4. The maximum Gasteiger partial charge on any atom is 0.264 e. The van der Waals surface area contributed by atoms with Gasteiger partial charge < -0.3 is 5.32 Å². The molecule has 0 spiro atoms. The van der Waals surface area contributed by atoms with Gasteiger partial charge in [-0.1, -0.05) is 60.1 Å². The molecule has 0 aliphatic heterocycles. The number of halogens is 1. The molecule has 0 aliphatic rings. The number of sulfonamides is 1. The van der Waals surface area contributed by atoms with Crippen molar-refractivity contribution in [3.63, 3.8) is 0 Å². The van der Waals surface area contributed by atoms with E-state index >= 15 is 0 Å². The third kappa shape index (κ3) is 7.25. The van der Waals surface area contributed by atoms with Gasteiger partial charge in [0.25, 0.3) is 10.0 Å². The molecule has 0 atom stereocenters. The number of nitrogens with one attached hydrogen (secondary N) is 1. The first kappa shape index (κ1) is 25.1. The first-order valence-corrected chi connectivity index (χ1v) is 13.6. The van der Waals surface area contributed by atoms with E-state index in [1.165, 1.54) is 17.7 Å². The number of anilines is 1. The molecule has 0 heterocycles. The van der Waals surface area contributed by atoms with Gasteiger partial charge in [0.1, 0.15) is 6.54 Å². The van der Waals surface area contributed by atoms with Crippen molar-refractivity contribution < 1.29 is 13.2 Å². The van der Waals surface area contributed by atoms with Crippen molar-refractivity contribution in [2.24, 2.45) is 0 Å². The minimum atomic E-state index is -3.93. The molecule has 1 amide bonds. The fourth-order valence-corrected chi connectivity index (χ4v) is 5.92. The zero-order chi connectivity index (χ0) is 23.7. The van der Waals surface area contributed by atoms with Gasteiger partial charge in [0.15, 0.2) is 0 Å². The van der Waals surface area contributed by atoms with Crippen LogP contribution in [0.15, 0.2) is 83.8 Å². The Hall–Kier alpha value is -2.48. The summed E-state index contributed by atoms with van der Waals surface area (Å²) >= 11 is 7.86. The predicted octanol–water partition coefficient (Wildman–Crippen LogP) is 5.28. The number of benzene rings is 3. The largest absolute Gasteiger partial charge is 0.354 e. The van der Waals surface area contributed by atoms with Gasteiger partial charge in [-0.05, 0) is 60.6 Å². The first-order chi connectivity index (χ1) is 15.9. The molecule has 174 valence electrons. The second kappa shape index (κ2) is 12.1. The van der Waals surface area contributed by atoms with E-state index in [9.17, 15) is 13.2 Å². The lowest BCUT2D eigenvalue weighted by atomic mass is 10.2. The molecular formula is C25H27ClN2O3S2. The normalized spacial score (nSPS) is 11.2. The van der Waals surface area contributed by atoms with E-state index in [2.05, 4.69) is 17.4 Å². The predicted molar refractivity (Wildman–Crippen MR) is 137 cm³/mol. The highest BCUT2D eigenvalue weighted by Gasteiger charge is 2.28. The average molecular weight is 503 g/mol. The molecule has 1 N–H and O–H groups in total. The second-order valence-corrected chi connectivity index (χ2v) is 10.9. The van der Waals surface area contributed by atoms with Crippen LogP contribution in [0.3, 0.4) is 0 Å². The molecule has 3 aromatic carbocycles. The Morgan fingerprint density at radius 2 is 1.67 bits per heavy atom. The molecule has 0 bridgehead atoms. The molecular weight excluding hydrogens is 476 g/mol. The van der Waals surface area contributed by atoms with Gasteiger partial charge in [0, 0.05) is 17.3 Å². The van der Waals surface area contributed by atoms with Crippen LogP contribution in [0.25, 0.3) is 0 Å². The maximum atomic E-state index is 13.4. The van der Waals surface area contributed by atoms with Gasteiger partial charge in [0.05, 0.1) is 10.6 Å². The third-order valence-corrected chi connectivity index (χ3v) is 8.07. The monoisotopic (exact) mass is 502 g/mol. The van der Waals surface area contributed by atoms with Crippen LogP contribution >= 0.6 is 23.4 Å². The zero-order valence-corrected chi connectivity index (χ0v) is 20.8. The standard InChI is InChI=1S/C25H27ClN2O3S2/c1-20-17-22(26)13-14-24(20)28(33(30,31)23-11-6-3-7-12-23)18-25(29)27-15-8-16-32-19-21-9-4-2-5-10-21/h2-7,9-14,17H,8,15-16,18-19H2,1H3,(H,27,29). The fraction of sp³-hybridized carbons (Fsp3) is 0.240. The molecule has 3 aromatic rings. The van der Waals surface area contributed by atoms with Crippen molar-refractivity contribution in [3.05, 3.63) is 95.0 Å². The summed E-state index contributed by atoms with van der Waals surface area (Å²) in [4.78, 5) is 12.8. The Balaban J connectivity index is 1.62. The van der Waals surface area contributed by atoms with Crippen LogP contribution in [-0.2, 0) is 20.6 Å². The number of carbonyl (C=O) groups is 1. The van der Waals surface area contributed by atoms with Gasteiger partial charge in [-0.2, -0.15) is 11.8 Å². The van der Waals surface area contributed by atoms with Gasteiger partial charge in [-0.25, -0.2) is 8.42 Å². The third-order valence-electron chi connectivity index (χ3n) is 4.95. The van der Waals surface area contributed by atoms with Crippen LogP contribution < -0.4 is 9.62 Å². The summed E-state index contributed by atoms with van der Waals surface area (Å²) < 4.78 is 27.9.